The second-order valence-electron chi connectivity index (χ2n) is 11.3. The van der Waals surface area contributed by atoms with Crippen LogP contribution in [0, 0.1) is 5.41 Å². The van der Waals surface area contributed by atoms with Gasteiger partial charge in [0, 0.05) is 40.8 Å². The third kappa shape index (κ3) is 7.77. The maximum atomic E-state index is 14.1. The van der Waals surface area contributed by atoms with Crippen LogP contribution in [0.15, 0.2) is 59.1 Å². The zero-order valence-electron chi connectivity index (χ0n) is 24.8. The number of anilines is 2. The van der Waals surface area contributed by atoms with E-state index in [1.54, 1.807) is 6.92 Å². The number of aromatic nitrogens is 2. The quantitative estimate of drug-likeness (QED) is 0.253. The lowest BCUT2D eigenvalue weighted by molar-refractivity contribution is -0.198. The van der Waals surface area contributed by atoms with Gasteiger partial charge in [-0.3, -0.25) is 4.90 Å². The number of hydrogen-bond donors (Lipinski definition) is 1. The Labute approximate surface area is 277 Å². The second kappa shape index (κ2) is 13.9. The molecular weight excluding hydrogens is 695 g/mol. The van der Waals surface area contributed by atoms with Gasteiger partial charge in [0.15, 0.2) is 0 Å². The monoisotopic (exact) mass is 725 g/mol. The molecule has 3 aromatic rings. The normalized spacial score (nSPS) is 18.3. The number of hydrogen-bond acceptors (Lipinski definition) is 9. The fourth-order valence-corrected chi connectivity index (χ4v) is 6.76. The van der Waals surface area contributed by atoms with E-state index in [4.69, 9.17) is 31.5 Å². The molecule has 1 aromatic heterocycles. The molecule has 0 unspecified atom stereocenters. The van der Waals surface area contributed by atoms with Gasteiger partial charge in [0.25, 0.3) is 0 Å². The number of nitrogen functional groups attached to an aromatic ring is 1. The van der Waals surface area contributed by atoms with Crippen molar-refractivity contribution in [1.29, 1.82) is 0 Å². The molecule has 46 heavy (non-hydrogen) atoms. The summed E-state index contributed by atoms with van der Waals surface area (Å²) in [5, 5.41) is 0.260. The van der Waals surface area contributed by atoms with Crippen molar-refractivity contribution < 1.29 is 37.0 Å². The van der Waals surface area contributed by atoms with Crippen LogP contribution in [0.25, 0.3) is 0 Å². The fraction of sp³-hybridized carbons (Fsp3) is 0.419. The number of esters is 1. The van der Waals surface area contributed by atoms with Crippen molar-refractivity contribution in [3.05, 3.63) is 75.2 Å². The Hall–Kier alpha value is -3.78. The van der Waals surface area contributed by atoms with E-state index in [9.17, 15) is 22.8 Å². The van der Waals surface area contributed by atoms with Crippen molar-refractivity contribution in [3.63, 3.8) is 0 Å². The average molecular weight is 727 g/mol. The van der Waals surface area contributed by atoms with Crippen LogP contribution in [0.4, 0.5) is 29.7 Å². The first kappa shape index (κ1) is 33.6. The number of nitrogens with zero attached hydrogens (tertiary/aromatic N) is 4. The van der Waals surface area contributed by atoms with Crippen LogP contribution in [-0.4, -0.2) is 65.4 Å². The summed E-state index contributed by atoms with van der Waals surface area (Å²) in [4.78, 5) is 37.5. The highest BCUT2D eigenvalue weighted by atomic mass is 79.9. The minimum Gasteiger partial charge on any atom is -0.464 e. The van der Waals surface area contributed by atoms with Crippen LogP contribution in [0.3, 0.4) is 0 Å². The maximum absolute atomic E-state index is 14.1. The zero-order chi connectivity index (χ0) is 33.1. The van der Waals surface area contributed by atoms with Crippen molar-refractivity contribution >= 4 is 51.4 Å². The van der Waals surface area contributed by atoms with Gasteiger partial charge in [0.2, 0.25) is 17.9 Å². The van der Waals surface area contributed by atoms with Gasteiger partial charge in [-0.05, 0) is 49.3 Å². The van der Waals surface area contributed by atoms with E-state index in [0.717, 1.165) is 5.56 Å². The van der Waals surface area contributed by atoms with Crippen molar-refractivity contribution in [2.75, 3.05) is 36.9 Å². The summed E-state index contributed by atoms with van der Waals surface area (Å²) < 4.78 is 58.7. The molecule has 2 aliphatic rings. The summed E-state index contributed by atoms with van der Waals surface area (Å²) >= 11 is 9.06. The maximum Gasteiger partial charge on any atom is 0.429 e. The number of amides is 1. The summed E-state index contributed by atoms with van der Waals surface area (Å²) in [6, 6.07) is 13.7. The standard InChI is InChI=1S/C31H32BrClF3N5O5/c1-2-44-27(42)23-16-30(18-41(23)29(43)45-17-19-6-4-3-5-7-19)10-12-40(13-11-30)24-15-25(39-28(37)38-24)46-26(31(34,35)36)21-9-8-20(33)14-22(21)32/h3-9,14-15,23,26H,2,10-13,16-18H2,1H3,(H2,37,38,39)/t23-,26+/m1/s1. The zero-order valence-corrected chi connectivity index (χ0v) is 27.1. The third-order valence-electron chi connectivity index (χ3n) is 8.14. The minimum atomic E-state index is -4.78. The number of likely N-dealkylation sites (tertiary alicyclic amines) is 1. The van der Waals surface area contributed by atoms with Gasteiger partial charge < -0.3 is 24.8 Å². The molecular formula is C31H32BrClF3N5O5. The van der Waals surface area contributed by atoms with Gasteiger partial charge in [-0.2, -0.15) is 23.1 Å². The van der Waals surface area contributed by atoms with Gasteiger partial charge in [-0.25, -0.2) is 9.59 Å². The molecule has 2 aromatic carbocycles. The van der Waals surface area contributed by atoms with Gasteiger partial charge in [0.05, 0.1) is 6.61 Å². The number of ether oxygens (including phenoxy) is 3. The predicted octanol–water partition coefficient (Wildman–Crippen LogP) is 6.72. The molecule has 0 saturated carbocycles. The number of halogens is 5. The lowest BCUT2D eigenvalue weighted by atomic mass is 9.76. The van der Waals surface area contributed by atoms with Crippen LogP contribution in [-0.2, 0) is 20.9 Å². The number of alkyl halides is 3. The first-order valence-electron chi connectivity index (χ1n) is 14.6. The largest absolute Gasteiger partial charge is 0.464 e. The molecule has 5 rings (SSSR count). The van der Waals surface area contributed by atoms with Gasteiger partial charge in [0.1, 0.15) is 18.5 Å². The molecule has 1 spiro atoms. The highest BCUT2D eigenvalue weighted by molar-refractivity contribution is 9.10. The van der Waals surface area contributed by atoms with Crippen LogP contribution in [0.5, 0.6) is 5.88 Å². The molecule has 1 amide bonds. The highest BCUT2D eigenvalue weighted by Gasteiger charge is 2.51. The van der Waals surface area contributed by atoms with Crippen LogP contribution in [0.2, 0.25) is 5.02 Å². The smallest absolute Gasteiger partial charge is 0.429 e. The molecule has 3 heterocycles. The Morgan fingerprint density at radius 2 is 1.83 bits per heavy atom. The van der Waals surface area contributed by atoms with Gasteiger partial charge >= 0.3 is 18.2 Å². The number of piperidine rings is 1. The van der Waals surface area contributed by atoms with E-state index in [0.29, 0.717) is 44.7 Å². The Morgan fingerprint density at radius 3 is 2.48 bits per heavy atom. The summed E-state index contributed by atoms with van der Waals surface area (Å²) in [6.07, 6.45) is -6.21. The second-order valence-corrected chi connectivity index (χ2v) is 12.5. The molecule has 0 bridgehead atoms. The summed E-state index contributed by atoms with van der Waals surface area (Å²) in [5.41, 5.74) is 6.15. The van der Waals surface area contributed by atoms with Gasteiger partial charge in [-0.15, -0.1) is 0 Å². The minimum absolute atomic E-state index is 0.0657. The third-order valence-corrected chi connectivity index (χ3v) is 9.06. The summed E-state index contributed by atoms with van der Waals surface area (Å²) in [5.74, 6) is -0.787. The highest BCUT2D eigenvalue weighted by Crippen LogP contribution is 2.45. The van der Waals surface area contributed by atoms with Crippen LogP contribution in [0.1, 0.15) is 43.4 Å². The van der Waals surface area contributed by atoms with Gasteiger partial charge in [-0.1, -0.05) is 63.9 Å². The first-order chi connectivity index (χ1) is 21.9. The summed E-state index contributed by atoms with van der Waals surface area (Å²) in [6.45, 7) is 3.10. The Balaban J connectivity index is 1.29. The molecule has 246 valence electrons. The molecule has 0 aliphatic carbocycles. The van der Waals surface area contributed by atoms with Crippen LogP contribution < -0.4 is 15.4 Å². The first-order valence-corrected chi connectivity index (χ1v) is 15.8. The van der Waals surface area contributed by atoms with E-state index in [1.165, 1.54) is 29.2 Å². The van der Waals surface area contributed by atoms with E-state index < -0.39 is 35.8 Å². The Morgan fingerprint density at radius 1 is 1.11 bits per heavy atom. The van der Waals surface area contributed by atoms with Crippen molar-refractivity contribution in [1.82, 2.24) is 14.9 Å². The lowest BCUT2D eigenvalue weighted by Crippen LogP contribution is -2.43. The fourth-order valence-electron chi connectivity index (χ4n) is 5.87. The topological polar surface area (TPSA) is 120 Å². The Kier molecular flexibility index (Phi) is 10.2. The molecule has 2 saturated heterocycles. The van der Waals surface area contributed by atoms with Crippen LogP contribution >= 0.6 is 27.5 Å². The van der Waals surface area contributed by atoms with E-state index >= 15 is 0 Å². The predicted molar refractivity (Wildman–Crippen MR) is 167 cm³/mol. The van der Waals surface area contributed by atoms with Crippen molar-refractivity contribution in [2.24, 2.45) is 5.41 Å². The molecule has 2 N–H and O–H groups in total. The average Bonchev–Trinajstić information content (AvgIpc) is 3.38. The number of rotatable bonds is 8. The van der Waals surface area contributed by atoms with Crippen molar-refractivity contribution in [3.8, 4) is 5.88 Å². The SMILES string of the molecule is CCOC(=O)[C@H]1CC2(CCN(c3cc(O[C@@H](c4ccc(Cl)cc4Br)C(F)(F)F)nc(N)n3)CC2)CN1C(=O)OCc1ccccc1. The van der Waals surface area contributed by atoms with E-state index in [1.807, 2.05) is 35.2 Å². The summed E-state index contributed by atoms with van der Waals surface area (Å²) in [7, 11) is 0. The number of carbonyl (C=O) groups is 2. The lowest BCUT2D eigenvalue weighted by Gasteiger charge is -2.39. The molecule has 2 atom stereocenters. The van der Waals surface area contributed by atoms with E-state index in [-0.39, 0.29) is 40.1 Å². The molecule has 2 fully saturated rings. The molecule has 15 heteroatoms. The Bertz CT molecular complexity index is 1560. The number of benzene rings is 2. The molecule has 0 radical (unpaired) electrons. The van der Waals surface area contributed by atoms with E-state index in [2.05, 4.69) is 25.9 Å². The molecule has 2 aliphatic heterocycles. The number of nitrogens with two attached hydrogens (primary N) is 1. The number of carbonyl (C=O) groups excluding carboxylic acids is 2. The molecule has 10 nitrogen and oxygen atoms in total. The van der Waals surface area contributed by atoms with Crippen molar-refractivity contribution in [2.45, 2.75) is 51.1 Å².